The van der Waals surface area contributed by atoms with Crippen molar-refractivity contribution in [1.82, 2.24) is 4.90 Å². The number of benzene rings is 1. The zero-order valence-electron chi connectivity index (χ0n) is 11.3. The SMILES string of the molecule is CC(N)C1CCN(C(=O)c2ccccc2OC(F)F)C1. The van der Waals surface area contributed by atoms with Gasteiger partial charge in [-0.25, -0.2) is 0 Å². The minimum atomic E-state index is -2.95. The van der Waals surface area contributed by atoms with Crippen LogP contribution in [-0.4, -0.2) is 36.5 Å². The van der Waals surface area contributed by atoms with Crippen molar-refractivity contribution < 1.29 is 18.3 Å². The molecule has 1 saturated heterocycles. The third-order valence-electron chi connectivity index (χ3n) is 3.59. The van der Waals surface area contributed by atoms with Gasteiger partial charge in [0.15, 0.2) is 0 Å². The maximum absolute atomic E-state index is 12.4. The summed E-state index contributed by atoms with van der Waals surface area (Å²) in [4.78, 5) is 14.0. The lowest BCUT2D eigenvalue weighted by Gasteiger charge is -2.19. The van der Waals surface area contributed by atoms with E-state index in [0.717, 1.165) is 6.42 Å². The number of ether oxygens (including phenoxy) is 1. The van der Waals surface area contributed by atoms with Gasteiger partial charge in [0.05, 0.1) is 5.56 Å². The highest BCUT2D eigenvalue weighted by atomic mass is 19.3. The molecule has 0 saturated carbocycles. The maximum Gasteiger partial charge on any atom is 0.387 e. The van der Waals surface area contributed by atoms with Gasteiger partial charge in [0.25, 0.3) is 5.91 Å². The molecule has 1 aliphatic rings. The number of nitrogens with two attached hydrogens (primary N) is 1. The molecule has 0 bridgehead atoms. The Bertz CT molecular complexity index is 480. The molecule has 6 heteroatoms. The second kappa shape index (κ2) is 6.17. The number of alkyl halides is 2. The van der Waals surface area contributed by atoms with Crippen LogP contribution in [0.5, 0.6) is 5.75 Å². The molecule has 1 heterocycles. The van der Waals surface area contributed by atoms with Crippen LogP contribution < -0.4 is 10.5 Å². The molecule has 1 fully saturated rings. The third-order valence-corrected chi connectivity index (χ3v) is 3.59. The van der Waals surface area contributed by atoms with Crippen molar-refractivity contribution in [3.8, 4) is 5.75 Å². The van der Waals surface area contributed by atoms with E-state index >= 15 is 0 Å². The molecule has 110 valence electrons. The highest BCUT2D eigenvalue weighted by Gasteiger charge is 2.30. The Hall–Kier alpha value is -1.69. The van der Waals surface area contributed by atoms with Crippen molar-refractivity contribution in [2.24, 2.45) is 11.7 Å². The Kier molecular flexibility index (Phi) is 4.54. The zero-order chi connectivity index (χ0) is 14.7. The van der Waals surface area contributed by atoms with Gasteiger partial charge >= 0.3 is 6.61 Å². The number of halogens is 2. The predicted octanol–water partition coefficient (Wildman–Crippen LogP) is 2.10. The van der Waals surface area contributed by atoms with E-state index in [-0.39, 0.29) is 29.2 Å². The Morgan fingerprint density at radius 3 is 2.75 bits per heavy atom. The molecule has 0 aliphatic carbocycles. The normalized spacial score (nSPS) is 20.2. The van der Waals surface area contributed by atoms with Crippen molar-refractivity contribution >= 4 is 5.91 Å². The Balaban J connectivity index is 2.14. The molecule has 2 N–H and O–H groups in total. The van der Waals surface area contributed by atoms with Gasteiger partial charge in [0.1, 0.15) is 5.75 Å². The van der Waals surface area contributed by atoms with Crippen LogP contribution in [0.2, 0.25) is 0 Å². The second-order valence-electron chi connectivity index (χ2n) is 5.03. The first-order valence-electron chi connectivity index (χ1n) is 6.57. The minimum Gasteiger partial charge on any atom is -0.434 e. The number of amides is 1. The summed E-state index contributed by atoms with van der Waals surface area (Å²) >= 11 is 0. The molecule has 0 aromatic heterocycles. The highest BCUT2D eigenvalue weighted by Crippen LogP contribution is 2.25. The zero-order valence-corrected chi connectivity index (χ0v) is 11.3. The molecule has 1 aromatic rings. The average molecular weight is 284 g/mol. The Morgan fingerprint density at radius 2 is 2.15 bits per heavy atom. The fraction of sp³-hybridized carbons (Fsp3) is 0.500. The molecule has 1 aliphatic heterocycles. The molecule has 0 radical (unpaired) electrons. The summed E-state index contributed by atoms with van der Waals surface area (Å²) < 4.78 is 29.1. The number of para-hydroxylation sites is 1. The standard InChI is InChI=1S/C14H18F2N2O2/c1-9(17)10-6-7-18(8-10)13(19)11-4-2-3-5-12(11)20-14(15)16/h2-5,9-10,14H,6-8,17H2,1H3. The van der Waals surface area contributed by atoms with Crippen molar-refractivity contribution in [2.45, 2.75) is 26.0 Å². The van der Waals surface area contributed by atoms with Gasteiger partial charge in [-0.3, -0.25) is 4.79 Å². The number of rotatable bonds is 4. The van der Waals surface area contributed by atoms with Crippen molar-refractivity contribution in [3.63, 3.8) is 0 Å². The molecule has 1 amide bonds. The van der Waals surface area contributed by atoms with Gasteiger partial charge in [0.2, 0.25) is 0 Å². The lowest BCUT2D eigenvalue weighted by Crippen LogP contribution is -2.33. The summed E-state index contributed by atoms with van der Waals surface area (Å²) in [7, 11) is 0. The van der Waals surface area contributed by atoms with Crippen LogP contribution in [0.4, 0.5) is 8.78 Å². The molecule has 1 aromatic carbocycles. The van der Waals surface area contributed by atoms with Gasteiger partial charge in [0, 0.05) is 19.1 Å². The lowest BCUT2D eigenvalue weighted by molar-refractivity contribution is -0.0502. The third kappa shape index (κ3) is 3.25. The van der Waals surface area contributed by atoms with Gasteiger partial charge in [-0.1, -0.05) is 12.1 Å². The molecule has 0 spiro atoms. The largest absolute Gasteiger partial charge is 0.434 e. The first kappa shape index (κ1) is 14.7. The Labute approximate surface area is 116 Å². The number of hydrogen-bond acceptors (Lipinski definition) is 3. The number of likely N-dealkylation sites (tertiary alicyclic amines) is 1. The van der Waals surface area contributed by atoms with Crippen LogP contribution in [0.1, 0.15) is 23.7 Å². The number of hydrogen-bond donors (Lipinski definition) is 1. The summed E-state index contributed by atoms with van der Waals surface area (Å²) in [6.45, 7) is 0.111. The molecule has 20 heavy (non-hydrogen) atoms. The van der Waals surface area contributed by atoms with Gasteiger partial charge < -0.3 is 15.4 Å². The van der Waals surface area contributed by atoms with Crippen LogP contribution in [0.25, 0.3) is 0 Å². The van der Waals surface area contributed by atoms with E-state index in [2.05, 4.69) is 4.74 Å². The van der Waals surface area contributed by atoms with Crippen LogP contribution >= 0.6 is 0 Å². The molecular weight excluding hydrogens is 266 g/mol. The molecule has 2 rings (SSSR count). The van der Waals surface area contributed by atoms with E-state index in [1.807, 2.05) is 6.92 Å². The van der Waals surface area contributed by atoms with E-state index in [4.69, 9.17) is 5.73 Å². The molecule has 2 atom stereocenters. The van der Waals surface area contributed by atoms with E-state index in [1.54, 1.807) is 17.0 Å². The van der Waals surface area contributed by atoms with Crippen molar-refractivity contribution in [1.29, 1.82) is 0 Å². The van der Waals surface area contributed by atoms with Crippen LogP contribution in [0, 0.1) is 5.92 Å². The summed E-state index contributed by atoms with van der Waals surface area (Å²) in [6, 6.07) is 6.08. The number of carbonyl (C=O) groups excluding carboxylic acids is 1. The van der Waals surface area contributed by atoms with Gasteiger partial charge in [-0.15, -0.1) is 0 Å². The second-order valence-corrected chi connectivity index (χ2v) is 5.03. The number of nitrogens with zero attached hydrogens (tertiary/aromatic N) is 1. The van der Waals surface area contributed by atoms with Gasteiger partial charge in [-0.2, -0.15) is 8.78 Å². The molecule has 2 unspecified atom stereocenters. The minimum absolute atomic E-state index is 0.0142. The predicted molar refractivity (Wildman–Crippen MR) is 70.7 cm³/mol. The van der Waals surface area contributed by atoms with Gasteiger partial charge in [-0.05, 0) is 31.4 Å². The first-order valence-corrected chi connectivity index (χ1v) is 6.57. The summed E-state index contributed by atoms with van der Waals surface area (Å²) in [5.74, 6) is -0.122. The van der Waals surface area contributed by atoms with E-state index in [0.29, 0.717) is 13.1 Å². The number of carbonyl (C=O) groups is 1. The van der Waals surface area contributed by atoms with Crippen LogP contribution in [0.3, 0.4) is 0 Å². The summed E-state index contributed by atoms with van der Waals surface area (Å²) in [5, 5.41) is 0. The molecular formula is C14H18F2N2O2. The van der Waals surface area contributed by atoms with E-state index in [9.17, 15) is 13.6 Å². The Morgan fingerprint density at radius 1 is 1.45 bits per heavy atom. The fourth-order valence-electron chi connectivity index (χ4n) is 2.41. The fourth-order valence-corrected chi connectivity index (χ4v) is 2.41. The lowest BCUT2D eigenvalue weighted by atomic mass is 10.0. The summed E-state index contributed by atoms with van der Waals surface area (Å²) in [5.41, 5.74) is 6.00. The maximum atomic E-state index is 12.4. The smallest absolute Gasteiger partial charge is 0.387 e. The highest BCUT2D eigenvalue weighted by molar-refractivity contribution is 5.97. The van der Waals surface area contributed by atoms with E-state index in [1.165, 1.54) is 12.1 Å². The topological polar surface area (TPSA) is 55.6 Å². The van der Waals surface area contributed by atoms with Crippen molar-refractivity contribution in [2.75, 3.05) is 13.1 Å². The van der Waals surface area contributed by atoms with Crippen LogP contribution in [-0.2, 0) is 0 Å². The monoisotopic (exact) mass is 284 g/mol. The first-order chi connectivity index (χ1) is 9.49. The summed E-state index contributed by atoms with van der Waals surface area (Å²) in [6.07, 6.45) is 0.835. The van der Waals surface area contributed by atoms with Crippen molar-refractivity contribution in [3.05, 3.63) is 29.8 Å². The average Bonchev–Trinajstić information content (AvgIpc) is 2.87. The quantitative estimate of drug-likeness (QED) is 0.921. The van der Waals surface area contributed by atoms with Crippen LogP contribution in [0.15, 0.2) is 24.3 Å². The molecule has 4 nitrogen and oxygen atoms in total. The van der Waals surface area contributed by atoms with E-state index < -0.39 is 6.61 Å².